The third-order valence-corrected chi connectivity index (χ3v) is 3.22. The smallest absolute Gasteiger partial charge is 0.299 e. The van der Waals surface area contributed by atoms with Gasteiger partial charge >= 0.3 is 0 Å². The van der Waals surface area contributed by atoms with Crippen molar-refractivity contribution in [3.8, 4) is 11.8 Å². The normalized spacial score (nSPS) is 11.0. The van der Waals surface area contributed by atoms with Crippen molar-refractivity contribution < 1.29 is 12.8 Å². The molecule has 4 N–H and O–H groups in total. The molecule has 0 radical (unpaired) electrons. The highest BCUT2D eigenvalue weighted by molar-refractivity contribution is 7.90. The van der Waals surface area contributed by atoms with Crippen LogP contribution in [-0.4, -0.2) is 21.0 Å². The predicted octanol–water partition coefficient (Wildman–Crippen LogP) is 0.791. The molecule has 0 aliphatic heterocycles. The summed E-state index contributed by atoms with van der Waals surface area (Å²) in [4.78, 5) is 0. The molecule has 1 rings (SSSR count). The van der Waals surface area contributed by atoms with Crippen molar-refractivity contribution in [3.63, 3.8) is 0 Å². The van der Waals surface area contributed by atoms with Gasteiger partial charge in [-0.1, -0.05) is 11.8 Å². The number of anilines is 1. The lowest BCUT2D eigenvalue weighted by atomic mass is 10.2. The van der Waals surface area contributed by atoms with E-state index in [1.165, 1.54) is 12.1 Å². The largest absolute Gasteiger partial charge is 0.320 e. The summed E-state index contributed by atoms with van der Waals surface area (Å²) < 4.78 is 41.3. The summed E-state index contributed by atoms with van der Waals surface area (Å²) in [5.41, 5.74) is 5.49. The summed E-state index contributed by atoms with van der Waals surface area (Å²) in [6.07, 6.45) is 0. The zero-order valence-corrected chi connectivity index (χ0v) is 11.5. The maximum Gasteiger partial charge on any atom is 0.299 e. The van der Waals surface area contributed by atoms with Crippen LogP contribution in [-0.2, 0) is 10.2 Å². The number of benzene rings is 1. The molecular weight excluding hydrogens is 269 g/mol. The fraction of sp³-hybridized carbons (Fsp3) is 0.333. The fourth-order valence-corrected chi connectivity index (χ4v) is 2.44. The Morgan fingerprint density at radius 3 is 2.63 bits per heavy atom. The van der Waals surface area contributed by atoms with Crippen molar-refractivity contribution in [2.24, 2.45) is 5.73 Å². The number of hydrogen-bond donors (Lipinski definition) is 3. The van der Waals surface area contributed by atoms with Crippen molar-refractivity contribution in [2.75, 3.05) is 11.3 Å². The summed E-state index contributed by atoms with van der Waals surface area (Å²) in [6, 6.07) is 3.64. The van der Waals surface area contributed by atoms with Gasteiger partial charge in [0.25, 0.3) is 10.2 Å². The number of hydrogen-bond acceptors (Lipinski definition) is 3. The highest BCUT2D eigenvalue weighted by Gasteiger charge is 2.12. The molecule has 19 heavy (non-hydrogen) atoms. The maximum atomic E-state index is 13.6. The van der Waals surface area contributed by atoms with Gasteiger partial charge in [-0.2, -0.15) is 13.1 Å². The van der Waals surface area contributed by atoms with Crippen LogP contribution < -0.4 is 15.2 Å². The first-order chi connectivity index (χ1) is 8.84. The molecule has 0 spiro atoms. The summed E-state index contributed by atoms with van der Waals surface area (Å²) in [5, 5.41) is 0. The van der Waals surface area contributed by atoms with E-state index in [0.29, 0.717) is 0 Å². The Morgan fingerprint density at radius 2 is 2.11 bits per heavy atom. The van der Waals surface area contributed by atoms with Gasteiger partial charge in [-0.05, 0) is 32.0 Å². The second-order valence-electron chi connectivity index (χ2n) is 4.08. The van der Waals surface area contributed by atoms with Crippen LogP contribution in [0.5, 0.6) is 0 Å². The topological polar surface area (TPSA) is 84.2 Å². The molecule has 0 saturated heterocycles. The van der Waals surface area contributed by atoms with E-state index in [2.05, 4.69) is 21.3 Å². The highest BCUT2D eigenvalue weighted by atomic mass is 32.2. The van der Waals surface area contributed by atoms with Gasteiger partial charge in [0, 0.05) is 6.04 Å². The molecule has 0 saturated carbocycles. The zero-order valence-electron chi connectivity index (χ0n) is 10.7. The molecule has 7 heteroatoms. The van der Waals surface area contributed by atoms with Crippen LogP contribution in [0.15, 0.2) is 18.2 Å². The minimum atomic E-state index is -3.70. The van der Waals surface area contributed by atoms with E-state index >= 15 is 0 Å². The van der Waals surface area contributed by atoms with Crippen LogP contribution in [0, 0.1) is 17.7 Å². The van der Waals surface area contributed by atoms with Crippen molar-refractivity contribution >= 4 is 15.9 Å². The highest BCUT2D eigenvalue weighted by Crippen LogP contribution is 2.14. The van der Waals surface area contributed by atoms with Crippen LogP contribution in [0.3, 0.4) is 0 Å². The van der Waals surface area contributed by atoms with Crippen LogP contribution in [0.25, 0.3) is 0 Å². The van der Waals surface area contributed by atoms with Crippen LogP contribution in [0.4, 0.5) is 10.1 Å². The summed E-state index contributed by atoms with van der Waals surface area (Å²) in [7, 11) is -3.70. The van der Waals surface area contributed by atoms with Gasteiger partial charge < -0.3 is 5.73 Å². The van der Waals surface area contributed by atoms with E-state index in [0.717, 1.165) is 6.07 Å². The van der Waals surface area contributed by atoms with Crippen LogP contribution in [0.1, 0.15) is 19.4 Å². The second kappa shape index (κ2) is 6.52. The Kier molecular flexibility index (Phi) is 5.30. The number of halogens is 1. The molecule has 0 amide bonds. The third kappa shape index (κ3) is 5.26. The monoisotopic (exact) mass is 285 g/mol. The quantitative estimate of drug-likeness (QED) is 0.715. The molecule has 0 atom stereocenters. The van der Waals surface area contributed by atoms with Gasteiger partial charge in [-0.25, -0.2) is 4.39 Å². The Bertz CT molecular complexity index is 603. The first-order valence-corrected chi connectivity index (χ1v) is 7.11. The molecular formula is C12H16FN3O2S. The molecule has 0 aromatic heterocycles. The van der Waals surface area contributed by atoms with Gasteiger partial charge in [0.2, 0.25) is 0 Å². The third-order valence-electron chi connectivity index (χ3n) is 1.94. The second-order valence-corrected chi connectivity index (χ2v) is 5.53. The first kappa shape index (κ1) is 15.4. The lowest BCUT2D eigenvalue weighted by Crippen LogP contribution is -2.35. The Labute approximate surface area is 112 Å². The lowest BCUT2D eigenvalue weighted by Gasteiger charge is -2.11. The van der Waals surface area contributed by atoms with E-state index in [4.69, 9.17) is 5.73 Å². The molecule has 0 unspecified atom stereocenters. The molecule has 0 aliphatic carbocycles. The molecule has 0 heterocycles. The minimum Gasteiger partial charge on any atom is -0.320 e. The van der Waals surface area contributed by atoms with E-state index in [9.17, 15) is 12.8 Å². The molecule has 0 fully saturated rings. The predicted molar refractivity (Wildman–Crippen MR) is 73.1 cm³/mol. The SMILES string of the molecule is CC(C)NS(=O)(=O)Nc1ccc(C#CCN)c(F)c1. The van der Waals surface area contributed by atoms with E-state index in [1.807, 2.05) is 0 Å². The van der Waals surface area contributed by atoms with E-state index in [-0.39, 0.29) is 23.8 Å². The number of nitrogens with two attached hydrogens (primary N) is 1. The Balaban J connectivity index is 2.90. The Hall–Kier alpha value is -1.62. The average Bonchev–Trinajstić information content (AvgIpc) is 2.25. The fourth-order valence-electron chi connectivity index (χ4n) is 1.32. The van der Waals surface area contributed by atoms with Crippen molar-refractivity contribution in [1.82, 2.24) is 4.72 Å². The van der Waals surface area contributed by atoms with Crippen molar-refractivity contribution in [3.05, 3.63) is 29.6 Å². The van der Waals surface area contributed by atoms with Crippen molar-refractivity contribution in [2.45, 2.75) is 19.9 Å². The molecule has 104 valence electrons. The molecule has 0 aliphatic rings. The van der Waals surface area contributed by atoms with Crippen molar-refractivity contribution in [1.29, 1.82) is 0 Å². The number of rotatable bonds is 4. The summed E-state index contributed by atoms with van der Waals surface area (Å²) in [6.45, 7) is 3.50. The molecule has 1 aromatic rings. The average molecular weight is 285 g/mol. The zero-order chi connectivity index (χ0) is 14.5. The molecule has 1 aromatic carbocycles. The van der Waals surface area contributed by atoms with Gasteiger partial charge in [0.05, 0.1) is 17.8 Å². The van der Waals surface area contributed by atoms with Crippen LogP contribution in [0.2, 0.25) is 0 Å². The van der Waals surface area contributed by atoms with Gasteiger partial charge in [-0.3, -0.25) is 4.72 Å². The molecule has 0 bridgehead atoms. The lowest BCUT2D eigenvalue weighted by molar-refractivity contribution is 0.575. The number of nitrogens with one attached hydrogen (secondary N) is 2. The van der Waals surface area contributed by atoms with E-state index in [1.54, 1.807) is 13.8 Å². The Morgan fingerprint density at radius 1 is 1.42 bits per heavy atom. The van der Waals surface area contributed by atoms with Gasteiger partial charge in [-0.15, -0.1) is 0 Å². The molecule has 5 nitrogen and oxygen atoms in total. The standard InChI is InChI=1S/C12H16FN3O2S/c1-9(2)15-19(17,18)16-11-6-5-10(4-3-7-14)12(13)8-11/h5-6,8-9,15-16H,7,14H2,1-2H3. The maximum absolute atomic E-state index is 13.6. The van der Waals surface area contributed by atoms with Crippen LogP contribution >= 0.6 is 0 Å². The summed E-state index contributed by atoms with van der Waals surface area (Å²) >= 11 is 0. The summed E-state index contributed by atoms with van der Waals surface area (Å²) in [5.74, 6) is 4.47. The van der Waals surface area contributed by atoms with E-state index < -0.39 is 16.0 Å². The minimum absolute atomic E-state index is 0.129. The first-order valence-electron chi connectivity index (χ1n) is 5.62. The van der Waals surface area contributed by atoms with Gasteiger partial charge in [0.15, 0.2) is 0 Å². The van der Waals surface area contributed by atoms with Gasteiger partial charge in [0.1, 0.15) is 5.82 Å².